The topological polar surface area (TPSA) is 43.8 Å². The van der Waals surface area contributed by atoms with E-state index in [-0.39, 0.29) is 0 Å². The first-order valence-electron chi connectivity index (χ1n) is 5.45. The molecule has 0 aliphatic carbocycles. The number of aryl methyl sites for hydroxylation is 2. The van der Waals surface area contributed by atoms with Crippen molar-refractivity contribution in [3.8, 4) is 0 Å². The Morgan fingerprint density at radius 2 is 2.29 bits per heavy atom. The van der Waals surface area contributed by atoms with Crippen molar-refractivity contribution in [1.29, 1.82) is 0 Å². The molecule has 0 saturated carbocycles. The highest BCUT2D eigenvalue weighted by molar-refractivity contribution is 5.03. The van der Waals surface area contributed by atoms with Gasteiger partial charge in [0, 0.05) is 19.3 Å². The fraction of sp³-hybridized carbons (Fsp3) is 0.727. The second-order valence-corrected chi connectivity index (χ2v) is 3.96. The lowest BCUT2D eigenvalue weighted by atomic mass is 10.0. The van der Waals surface area contributed by atoms with Gasteiger partial charge in [0.15, 0.2) is 0 Å². The molecule has 3 heteroatoms. The Morgan fingerprint density at radius 3 is 2.86 bits per heavy atom. The summed E-state index contributed by atoms with van der Waals surface area (Å²) >= 11 is 0. The van der Waals surface area contributed by atoms with Crippen LogP contribution in [0.25, 0.3) is 0 Å². The molecule has 1 heterocycles. The van der Waals surface area contributed by atoms with Crippen molar-refractivity contribution in [1.82, 2.24) is 9.78 Å². The second kappa shape index (κ2) is 5.81. The van der Waals surface area contributed by atoms with Gasteiger partial charge in [0.05, 0.1) is 6.20 Å². The summed E-state index contributed by atoms with van der Waals surface area (Å²) < 4.78 is 1.84. The molecule has 0 aliphatic rings. The summed E-state index contributed by atoms with van der Waals surface area (Å²) in [6.07, 6.45) is 9.75. The van der Waals surface area contributed by atoms with Gasteiger partial charge in [-0.05, 0) is 24.8 Å². The molecule has 3 nitrogen and oxygen atoms in total. The minimum atomic E-state index is 0.357. The first-order chi connectivity index (χ1) is 6.72. The average Bonchev–Trinajstić information content (AvgIpc) is 2.58. The molecule has 1 aromatic rings. The van der Waals surface area contributed by atoms with Gasteiger partial charge in [-0.25, -0.2) is 0 Å². The molecular weight excluding hydrogens is 174 g/mol. The molecule has 0 fully saturated rings. The number of rotatable bonds is 6. The number of hydrogen-bond donors (Lipinski definition) is 1. The van der Waals surface area contributed by atoms with Crippen LogP contribution in [0, 0.1) is 0 Å². The van der Waals surface area contributed by atoms with Crippen LogP contribution in [0.2, 0.25) is 0 Å². The molecule has 2 N–H and O–H groups in total. The Bertz CT molecular complexity index is 255. The number of aromatic nitrogens is 2. The van der Waals surface area contributed by atoms with Gasteiger partial charge in [0.2, 0.25) is 0 Å². The maximum atomic E-state index is 5.99. The zero-order chi connectivity index (χ0) is 10.4. The smallest absolute Gasteiger partial charge is 0.0521 e. The van der Waals surface area contributed by atoms with Crippen molar-refractivity contribution >= 4 is 0 Å². The van der Waals surface area contributed by atoms with Crippen LogP contribution in [0.3, 0.4) is 0 Å². The highest BCUT2D eigenvalue weighted by Crippen LogP contribution is 2.07. The summed E-state index contributed by atoms with van der Waals surface area (Å²) in [5, 5.41) is 4.13. The fourth-order valence-corrected chi connectivity index (χ4v) is 1.56. The van der Waals surface area contributed by atoms with E-state index in [1.807, 2.05) is 17.9 Å². The van der Waals surface area contributed by atoms with E-state index in [1.165, 1.54) is 18.4 Å². The summed E-state index contributed by atoms with van der Waals surface area (Å²) in [4.78, 5) is 0. The molecule has 0 radical (unpaired) electrons. The van der Waals surface area contributed by atoms with Crippen LogP contribution in [0.5, 0.6) is 0 Å². The summed E-state index contributed by atoms with van der Waals surface area (Å²) in [5.41, 5.74) is 7.28. The van der Waals surface area contributed by atoms with Crippen molar-refractivity contribution in [2.45, 2.75) is 45.1 Å². The van der Waals surface area contributed by atoms with E-state index in [2.05, 4.69) is 18.2 Å². The molecule has 14 heavy (non-hydrogen) atoms. The minimum Gasteiger partial charge on any atom is -0.328 e. The predicted molar refractivity (Wildman–Crippen MR) is 59.0 cm³/mol. The van der Waals surface area contributed by atoms with Crippen molar-refractivity contribution in [3.63, 3.8) is 0 Å². The SMILES string of the molecule is CCCCC(N)CCc1cnn(C)c1. The van der Waals surface area contributed by atoms with Crippen LogP contribution >= 0.6 is 0 Å². The van der Waals surface area contributed by atoms with Crippen LogP contribution in [0.15, 0.2) is 12.4 Å². The Morgan fingerprint density at radius 1 is 1.50 bits per heavy atom. The molecule has 0 spiro atoms. The first kappa shape index (κ1) is 11.2. The van der Waals surface area contributed by atoms with Crippen molar-refractivity contribution in [2.75, 3.05) is 0 Å². The lowest BCUT2D eigenvalue weighted by Crippen LogP contribution is -2.20. The van der Waals surface area contributed by atoms with Crippen LogP contribution in [-0.2, 0) is 13.5 Å². The fourth-order valence-electron chi connectivity index (χ4n) is 1.56. The number of unbranched alkanes of at least 4 members (excludes halogenated alkanes) is 1. The van der Waals surface area contributed by atoms with E-state index in [0.29, 0.717) is 6.04 Å². The Kier molecular flexibility index (Phi) is 4.66. The second-order valence-electron chi connectivity index (χ2n) is 3.96. The van der Waals surface area contributed by atoms with Crippen LogP contribution < -0.4 is 5.73 Å². The van der Waals surface area contributed by atoms with Gasteiger partial charge in [-0.1, -0.05) is 19.8 Å². The Labute approximate surface area is 86.3 Å². The number of nitrogens with two attached hydrogens (primary N) is 1. The van der Waals surface area contributed by atoms with Gasteiger partial charge < -0.3 is 5.73 Å². The molecule has 1 rings (SSSR count). The summed E-state index contributed by atoms with van der Waals surface area (Å²) in [7, 11) is 1.94. The van der Waals surface area contributed by atoms with Crippen molar-refractivity contribution < 1.29 is 0 Å². The maximum absolute atomic E-state index is 5.99. The molecule has 1 aromatic heterocycles. The average molecular weight is 195 g/mol. The highest BCUT2D eigenvalue weighted by Gasteiger charge is 2.03. The quantitative estimate of drug-likeness (QED) is 0.753. The standard InChI is InChI=1S/C11H21N3/c1-3-4-5-11(12)7-6-10-8-13-14(2)9-10/h8-9,11H,3-7,12H2,1-2H3. The Balaban J connectivity index is 2.20. The van der Waals surface area contributed by atoms with Crippen LogP contribution in [0.1, 0.15) is 38.2 Å². The third-order valence-electron chi connectivity index (χ3n) is 2.49. The first-order valence-corrected chi connectivity index (χ1v) is 5.45. The van der Waals surface area contributed by atoms with E-state index < -0.39 is 0 Å². The molecule has 1 unspecified atom stereocenters. The molecule has 0 aromatic carbocycles. The summed E-state index contributed by atoms with van der Waals surface area (Å²) in [6.45, 7) is 2.20. The lowest BCUT2D eigenvalue weighted by molar-refractivity contribution is 0.541. The van der Waals surface area contributed by atoms with Gasteiger partial charge in [-0.3, -0.25) is 4.68 Å². The van der Waals surface area contributed by atoms with Gasteiger partial charge in [0.1, 0.15) is 0 Å². The van der Waals surface area contributed by atoms with E-state index in [1.54, 1.807) is 0 Å². The van der Waals surface area contributed by atoms with Gasteiger partial charge in [0.25, 0.3) is 0 Å². The highest BCUT2D eigenvalue weighted by atomic mass is 15.2. The molecule has 0 bridgehead atoms. The van der Waals surface area contributed by atoms with Crippen LogP contribution in [0.4, 0.5) is 0 Å². The summed E-state index contributed by atoms with van der Waals surface area (Å²) in [5.74, 6) is 0. The van der Waals surface area contributed by atoms with E-state index in [0.717, 1.165) is 19.3 Å². The Hall–Kier alpha value is -0.830. The zero-order valence-electron chi connectivity index (χ0n) is 9.24. The molecule has 0 aliphatic heterocycles. The van der Waals surface area contributed by atoms with Crippen molar-refractivity contribution in [3.05, 3.63) is 18.0 Å². The van der Waals surface area contributed by atoms with E-state index in [9.17, 15) is 0 Å². The third-order valence-corrected chi connectivity index (χ3v) is 2.49. The molecule has 80 valence electrons. The van der Waals surface area contributed by atoms with Crippen LogP contribution in [-0.4, -0.2) is 15.8 Å². The van der Waals surface area contributed by atoms with Gasteiger partial charge in [-0.2, -0.15) is 5.10 Å². The predicted octanol–water partition coefficient (Wildman–Crippen LogP) is 1.87. The number of nitrogens with zero attached hydrogens (tertiary/aromatic N) is 2. The zero-order valence-corrected chi connectivity index (χ0v) is 9.24. The molecular formula is C11H21N3. The molecule has 1 atom stereocenters. The normalized spacial score (nSPS) is 13.1. The minimum absolute atomic E-state index is 0.357. The maximum Gasteiger partial charge on any atom is 0.0521 e. The lowest BCUT2D eigenvalue weighted by Gasteiger charge is -2.09. The third kappa shape index (κ3) is 3.92. The van der Waals surface area contributed by atoms with E-state index in [4.69, 9.17) is 5.73 Å². The monoisotopic (exact) mass is 195 g/mol. The summed E-state index contributed by atoms with van der Waals surface area (Å²) in [6, 6.07) is 0.357. The molecule has 0 saturated heterocycles. The largest absolute Gasteiger partial charge is 0.328 e. The van der Waals surface area contributed by atoms with E-state index >= 15 is 0 Å². The number of hydrogen-bond acceptors (Lipinski definition) is 2. The van der Waals surface area contributed by atoms with Gasteiger partial charge in [-0.15, -0.1) is 0 Å². The molecule has 0 amide bonds. The van der Waals surface area contributed by atoms with Crippen molar-refractivity contribution in [2.24, 2.45) is 12.8 Å². The van der Waals surface area contributed by atoms with Gasteiger partial charge >= 0.3 is 0 Å².